The van der Waals surface area contributed by atoms with Gasteiger partial charge in [0, 0.05) is 24.5 Å². The highest BCUT2D eigenvalue weighted by Crippen LogP contribution is 2.30. The highest BCUT2D eigenvalue weighted by atomic mass is 32.2. The fourth-order valence-corrected chi connectivity index (χ4v) is 5.45. The van der Waals surface area contributed by atoms with E-state index in [1.54, 1.807) is 45.2 Å². The molecule has 1 aliphatic rings. The SMILES string of the molecule is COc1ccc(NC(=O)c2[nH]c(C)c(S(=O)(=O)N3CCC(C)CC3)c2C)cc1. The third-order valence-corrected chi connectivity index (χ3v) is 7.46. The number of aromatic amines is 1. The number of carbonyl (C=O) groups is 1. The summed E-state index contributed by atoms with van der Waals surface area (Å²) in [6.07, 6.45) is 1.71. The van der Waals surface area contributed by atoms with Gasteiger partial charge < -0.3 is 15.0 Å². The average Bonchev–Trinajstić information content (AvgIpc) is 2.97. The molecule has 2 N–H and O–H groups in total. The molecule has 8 heteroatoms. The van der Waals surface area contributed by atoms with E-state index in [0.717, 1.165) is 12.8 Å². The molecule has 0 aliphatic carbocycles. The zero-order valence-electron chi connectivity index (χ0n) is 16.7. The van der Waals surface area contributed by atoms with Crippen molar-refractivity contribution >= 4 is 21.6 Å². The minimum absolute atomic E-state index is 0.210. The molecule has 1 aliphatic heterocycles. The lowest BCUT2D eigenvalue weighted by atomic mass is 10.0. The molecule has 0 spiro atoms. The number of hydrogen-bond acceptors (Lipinski definition) is 4. The van der Waals surface area contributed by atoms with Crippen molar-refractivity contribution in [1.82, 2.24) is 9.29 Å². The van der Waals surface area contributed by atoms with E-state index in [1.807, 2.05) is 0 Å². The Morgan fingerprint density at radius 1 is 1.18 bits per heavy atom. The Hall–Kier alpha value is -2.32. The molecule has 1 aromatic carbocycles. The van der Waals surface area contributed by atoms with E-state index < -0.39 is 10.0 Å². The van der Waals surface area contributed by atoms with Gasteiger partial charge in [0.15, 0.2) is 0 Å². The van der Waals surface area contributed by atoms with Crippen LogP contribution in [0, 0.1) is 19.8 Å². The molecule has 1 aromatic heterocycles. The molecule has 1 fully saturated rings. The van der Waals surface area contributed by atoms with Crippen LogP contribution < -0.4 is 10.1 Å². The van der Waals surface area contributed by atoms with Gasteiger partial charge >= 0.3 is 0 Å². The molecule has 1 saturated heterocycles. The van der Waals surface area contributed by atoms with Crippen LogP contribution in [-0.4, -0.2) is 43.8 Å². The normalized spacial score (nSPS) is 16.1. The first kappa shape index (κ1) is 20.4. The van der Waals surface area contributed by atoms with Gasteiger partial charge in [0.2, 0.25) is 10.0 Å². The number of aryl methyl sites for hydroxylation is 1. The van der Waals surface area contributed by atoms with Gasteiger partial charge in [0.05, 0.1) is 7.11 Å². The summed E-state index contributed by atoms with van der Waals surface area (Å²) >= 11 is 0. The maximum Gasteiger partial charge on any atom is 0.272 e. The molecular weight excluding hydrogens is 378 g/mol. The summed E-state index contributed by atoms with van der Waals surface area (Å²) in [5.41, 5.74) is 1.79. The first-order valence-corrected chi connectivity index (χ1v) is 10.8. The second-order valence-corrected chi connectivity index (χ2v) is 9.22. The van der Waals surface area contributed by atoms with Gasteiger partial charge in [-0.15, -0.1) is 0 Å². The molecule has 1 amide bonds. The average molecular weight is 406 g/mol. The Bertz CT molecular complexity index is 956. The van der Waals surface area contributed by atoms with Crippen molar-refractivity contribution in [2.45, 2.75) is 38.5 Å². The number of aromatic nitrogens is 1. The van der Waals surface area contributed by atoms with Crippen LogP contribution in [-0.2, 0) is 10.0 Å². The van der Waals surface area contributed by atoms with Crippen LogP contribution in [0.15, 0.2) is 29.2 Å². The number of rotatable bonds is 5. The van der Waals surface area contributed by atoms with E-state index in [-0.39, 0.29) is 16.5 Å². The van der Waals surface area contributed by atoms with E-state index in [4.69, 9.17) is 4.74 Å². The summed E-state index contributed by atoms with van der Waals surface area (Å²) in [6, 6.07) is 6.95. The minimum atomic E-state index is -3.64. The monoisotopic (exact) mass is 405 g/mol. The number of amides is 1. The maximum absolute atomic E-state index is 13.2. The van der Waals surface area contributed by atoms with E-state index in [2.05, 4.69) is 17.2 Å². The lowest BCUT2D eigenvalue weighted by Gasteiger charge is -2.29. The Labute approximate surface area is 166 Å². The number of sulfonamides is 1. The van der Waals surface area contributed by atoms with Crippen LogP contribution in [0.4, 0.5) is 5.69 Å². The maximum atomic E-state index is 13.2. The Kier molecular flexibility index (Phi) is 5.81. The van der Waals surface area contributed by atoms with Gasteiger partial charge in [-0.1, -0.05) is 6.92 Å². The van der Waals surface area contributed by atoms with E-state index in [0.29, 0.717) is 41.7 Å². The lowest BCUT2D eigenvalue weighted by molar-refractivity contribution is 0.102. The second-order valence-electron chi connectivity index (χ2n) is 7.35. The molecule has 0 atom stereocenters. The molecule has 3 rings (SSSR count). The zero-order chi connectivity index (χ0) is 20.5. The van der Waals surface area contributed by atoms with Gasteiger partial charge in [0.25, 0.3) is 5.91 Å². The van der Waals surface area contributed by atoms with Crippen molar-refractivity contribution in [2.75, 3.05) is 25.5 Å². The molecular formula is C20H27N3O4S. The molecule has 28 heavy (non-hydrogen) atoms. The fraction of sp³-hybridized carbons (Fsp3) is 0.450. The van der Waals surface area contributed by atoms with Crippen LogP contribution in [0.5, 0.6) is 5.75 Å². The number of piperidine rings is 1. The number of methoxy groups -OCH3 is 1. The van der Waals surface area contributed by atoms with Gasteiger partial charge in [-0.05, 0) is 62.4 Å². The molecule has 152 valence electrons. The molecule has 0 radical (unpaired) electrons. The third kappa shape index (κ3) is 3.93. The summed E-state index contributed by atoms with van der Waals surface area (Å²) in [4.78, 5) is 15.9. The topological polar surface area (TPSA) is 91.5 Å². The van der Waals surface area contributed by atoms with E-state index in [9.17, 15) is 13.2 Å². The fourth-order valence-electron chi connectivity index (χ4n) is 3.57. The highest BCUT2D eigenvalue weighted by Gasteiger charge is 2.33. The summed E-state index contributed by atoms with van der Waals surface area (Å²) in [6.45, 7) is 6.53. The Balaban J connectivity index is 1.85. The Morgan fingerprint density at radius 3 is 2.36 bits per heavy atom. The van der Waals surface area contributed by atoms with Gasteiger partial charge in [-0.3, -0.25) is 4.79 Å². The van der Waals surface area contributed by atoms with Gasteiger partial charge in [0.1, 0.15) is 16.3 Å². The number of anilines is 1. The largest absolute Gasteiger partial charge is 0.497 e. The number of hydrogen-bond donors (Lipinski definition) is 2. The van der Waals surface area contributed by atoms with Gasteiger partial charge in [-0.25, -0.2) is 8.42 Å². The van der Waals surface area contributed by atoms with Crippen molar-refractivity contribution in [2.24, 2.45) is 5.92 Å². The first-order chi connectivity index (χ1) is 13.2. The molecule has 2 aromatic rings. The summed E-state index contributed by atoms with van der Waals surface area (Å²) in [5, 5.41) is 2.79. The van der Waals surface area contributed by atoms with Crippen molar-refractivity contribution in [3.8, 4) is 5.75 Å². The minimum Gasteiger partial charge on any atom is -0.497 e. The first-order valence-electron chi connectivity index (χ1n) is 9.38. The number of ether oxygens (including phenoxy) is 1. The predicted molar refractivity (Wildman–Crippen MR) is 108 cm³/mol. The second kappa shape index (κ2) is 7.97. The summed E-state index contributed by atoms with van der Waals surface area (Å²) in [5.74, 6) is 0.847. The van der Waals surface area contributed by atoms with Crippen molar-refractivity contribution in [3.63, 3.8) is 0 Å². The lowest BCUT2D eigenvalue weighted by Crippen LogP contribution is -2.38. The molecule has 0 saturated carbocycles. The summed E-state index contributed by atoms with van der Waals surface area (Å²) < 4.78 is 33.0. The zero-order valence-corrected chi connectivity index (χ0v) is 17.5. The number of H-pyrrole nitrogens is 1. The van der Waals surface area contributed by atoms with Crippen LogP contribution in [0.1, 0.15) is 41.5 Å². The predicted octanol–water partition coefficient (Wildman–Crippen LogP) is 3.31. The van der Waals surface area contributed by atoms with Crippen molar-refractivity contribution in [1.29, 1.82) is 0 Å². The standard InChI is InChI=1S/C20H27N3O4S/c1-13-9-11-23(12-10-13)28(25,26)19-14(2)18(21-15(19)3)20(24)22-16-5-7-17(27-4)8-6-16/h5-8,13,21H,9-12H2,1-4H3,(H,22,24). The number of benzene rings is 1. The third-order valence-electron chi connectivity index (χ3n) is 5.28. The molecule has 2 heterocycles. The van der Waals surface area contributed by atoms with E-state index >= 15 is 0 Å². The molecule has 0 unspecified atom stereocenters. The quantitative estimate of drug-likeness (QED) is 0.798. The molecule has 7 nitrogen and oxygen atoms in total. The Morgan fingerprint density at radius 2 is 1.79 bits per heavy atom. The summed E-state index contributed by atoms with van der Waals surface area (Å²) in [7, 11) is -2.06. The number of carbonyl (C=O) groups excluding carboxylic acids is 1. The highest BCUT2D eigenvalue weighted by molar-refractivity contribution is 7.89. The van der Waals surface area contributed by atoms with E-state index in [1.165, 1.54) is 4.31 Å². The van der Waals surface area contributed by atoms with Crippen molar-refractivity contribution in [3.05, 3.63) is 41.2 Å². The van der Waals surface area contributed by atoms with Crippen LogP contribution >= 0.6 is 0 Å². The molecule has 0 bridgehead atoms. The van der Waals surface area contributed by atoms with Crippen LogP contribution in [0.25, 0.3) is 0 Å². The van der Waals surface area contributed by atoms with Gasteiger partial charge in [-0.2, -0.15) is 4.31 Å². The van der Waals surface area contributed by atoms with Crippen LogP contribution in [0.2, 0.25) is 0 Å². The smallest absolute Gasteiger partial charge is 0.272 e. The number of nitrogens with zero attached hydrogens (tertiary/aromatic N) is 1. The number of nitrogens with one attached hydrogen (secondary N) is 2. The van der Waals surface area contributed by atoms with Crippen molar-refractivity contribution < 1.29 is 17.9 Å². The van der Waals surface area contributed by atoms with Crippen LogP contribution in [0.3, 0.4) is 0 Å².